The van der Waals surface area contributed by atoms with Crippen molar-refractivity contribution < 1.29 is 17.9 Å². The molecule has 0 aliphatic carbocycles. The Balaban J connectivity index is 1.68. The molecule has 130 valence electrons. The third kappa shape index (κ3) is 5.33. The van der Waals surface area contributed by atoms with E-state index in [4.69, 9.17) is 4.74 Å². The molecule has 0 saturated heterocycles. The predicted molar refractivity (Wildman–Crippen MR) is 93.7 cm³/mol. The first-order valence-corrected chi connectivity index (χ1v) is 9.76. The molecule has 1 amide bonds. The number of hydrogen-bond acceptors (Lipinski definition) is 5. The van der Waals surface area contributed by atoms with Crippen LogP contribution in [-0.4, -0.2) is 45.4 Å². The average Bonchev–Trinajstić information content (AvgIpc) is 3.10. The molecule has 0 fully saturated rings. The van der Waals surface area contributed by atoms with Gasteiger partial charge in [0.2, 0.25) is 5.91 Å². The van der Waals surface area contributed by atoms with Crippen molar-refractivity contribution in [1.29, 1.82) is 0 Å². The van der Waals surface area contributed by atoms with E-state index in [9.17, 15) is 13.2 Å². The van der Waals surface area contributed by atoms with Crippen molar-refractivity contribution >= 4 is 27.3 Å². The van der Waals surface area contributed by atoms with Crippen molar-refractivity contribution in [2.45, 2.75) is 10.6 Å². The Bertz CT molecular complexity index is 731. The predicted octanol–water partition coefficient (Wildman–Crippen LogP) is 1.95. The van der Waals surface area contributed by atoms with Crippen LogP contribution in [-0.2, 0) is 14.8 Å². The fourth-order valence-electron chi connectivity index (χ4n) is 1.91. The quantitative estimate of drug-likeness (QED) is 0.687. The van der Waals surface area contributed by atoms with Crippen LogP contribution in [0.2, 0.25) is 0 Å². The van der Waals surface area contributed by atoms with E-state index in [0.29, 0.717) is 19.6 Å². The Morgan fingerprint density at radius 2 is 1.96 bits per heavy atom. The highest BCUT2D eigenvalue weighted by Gasteiger charge is 2.23. The van der Waals surface area contributed by atoms with Crippen molar-refractivity contribution in [3.63, 3.8) is 0 Å². The van der Waals surface area contributed by atoms with Crippen molar-refractivity contribution in [3.8, 4) is 5.75 Å². The summed E-state index contributed by atoms with van der Waals surface area (Å²) in [5, 5.41) is 4.38. The molecule has 0 saturated carbocycles. The van der Waals surface area contributed by atoms with Crippen LogP contribution in [0.5, 0.6) is 5.75 Å². The summed E-state index contributed by atoms with van der Waals surface area (Å²) < 4.78 is 31.2. The summed E-state index contributed by atoms with van der Waals surface area (Å²) in [6.45, 7) is 0.700. The Morgan fingerprint density at radius 3 is 2.62 bits per heavy atom. The zero-order valence-electron chi connectivity index (χ0n) is 13.3. The molecule has 24 heavy (non-hydrogen) atoms. The third-order valence-corrected chi connectivity index (χ3v) is 6.36. The van der Waals surface area contributed by atoms with E-state index in [2.05, 4.69) is 5.32 Å². The van der Waals surface area contributed by atoms with E-state index >= 15 is 0 Å². The number of para-hydroxylation sites is 1. The van der Waals surface area contributed by atoms with Gasteiger partial charge >= 0.3 is 0 Å². The molecule has 1 N–H and O–H groups in total. The van der Waals surface area contributed by atoms with Crippen molar-refractivity contribution in [2.75, 3.05) is 26.7 Å². The van der Waals surface area contributed by atoms with Crippen molar-refractivity contribution in [1.82, 2.24) is 9.62 Å². The average molecular weight is 368 g/mol. The maximum Gasteiger partial charge on any atom is 0.252 e. The maximum absolute atomic E-state index is 12.2. The Kier molecular flexibility index (Phi) is 6.77. The Labute approximate surface area is 146 Å². The molecule has 0 bridgehead atoms. The second-order valence-corrected chi connectivity index (χ2v) is 8.28. The van der Waals surface area contributed by atoms with Gasteiger partial charge in [0.25, 0.3) is 10.0 Å². The SMILES string of the molecule is CN(CC(=O)NCCCOc1ccccc1)S(=O)(=O)c1cccs1. The van der Waals surface area contributed by atoms with Gasteiger partial charge in [-0.05, 0) is 30.0 Å². The van der Waals surface area contributed by atoms with Crippen molar-refractivity contribution in [2.24, 2.45) is 0 Å². The number of carbonyl (C=O) groups is 1. The van der Waals surface area contributed by atoms with Gasteiger partial charge in [-0.15, -0.1) is 11.3 Å². The molecule has 0 aliphatic rings. The molecule has 1 aromatic heterocycles. The number of nitrogens with one attached hydrogen (secondary N) is 1. The molecule has 0 unspecified atom stereocenters. The summed E-state index contributed by atoms with van der Waals surface area (Å²) in [6.07, 6.45) is 0.641. The summed E-state index contributed by atoms with van der Waals surface area (Å²) in [5.74, 6) is 0.447. The zero-order valence-corrected chi connectivity index (χ0v) is 15.0. The highest BCUT2D eigenvalue weighted by Crippen LogP contribution is 2.19. The molecular formula is C16H20N2O4S2. The van der Waals surface area contributed by atoms with Crippen LogP contribution >= 0.6 is 11.3 Å². The van der Waals surface area contributed by atoms with Gasteiger partial charge in [-0.3, -0.25) is 4.79 Å². The first-order valence-electron chi connectivity index (χ1n) is 7.44. The molecule has 1 heterocycles. The van der Waals surface area contributed by atoms with Gasteiger partial charge in [-0.2, -0.15) is 4.31 Å². The second-order valence-electron chi connectivity index (χ2n) is 5.06. The molecule has 0 aliphatic heterocycles. The molecule has 0 spiro atoms. The van der Waals surface area contributed by atoms with E-state index in [-0.39, 0.29) is 16.7 Å². The second kappa shape index (κ2) is 8.81. The van der Waals surface area contributed by atoms with Gasteiger partial charge in [-0.25, -0.2) is 8.42 Å². The number of likely N-dealkylation sites (N-methyl/N-ethyl adjacent to an activating group) is 1. The minimum absolute atomic E-state index is 0.209. The highest BCUT2D eigenvalue weighted by molar-refractivity contribution is 7.91. The van der Waals surface area contributed by atoms with E-state index in [1.54, 1.807) is 11.4 Å². The number of hydrogen-bond donors (Lipinski definition) is 1. The van der Waals surface area contributed by atoms with Gasteiger partial charge in [0.05, 0.1) is 13.2 Å². The molecule has 8 heteroatoms. The van der Waals surface area contributed by atoms with Gasteiger partial charge in [0, 0.05) is 13.6 Å². The lowest BCUT2D eigenvalue weighted by Crippen LogP contribution is -2.38. The standard InChI is InChI=1S/C16H20N2O4S2/c1-18(24(20,21)16-9-5-12-23-16)13-15(19)17-10-6-11-22-14-7-3-2-4-8-14/h2-5,7-9,12H,6,10-11,13H2,1H3,(H,17,19). The molecule has 2 rings (SSSR count). The first-order chi connectivity index (χ1) is 11.5. The highest BCUT2D eigenvalue weighted by atomic mass is 32.2. The van der Waals surface area contributed by atoms with Crippen LogP contribution in [0.1, 0.15) is 6.42 Å². The lowest BCUT2D eigenvalue weighted by atomic mass is 10.3. The van der Waals surface area contributed by atoms with Crippen LogP contribution in [0.3, 0.4) is 0 Å². The monoisotopic (exact) mass is 368 g/mol. The number of carbonyl (C=O) groups excluding carboxylic acids is 1. The van der Waals surface area contributed by atoms with Crippen LogP contribution in [0.25, 0.3) is 0 Å². The Morgan fingerprint density at radius 1 is 1.21 bits per heavy atom. The minimum atomic E-state index is -3.60. The summed E-state index contributed by atoms with van der Waals surface area (Å²) in [7, 11) is -2.20. The lowest BCUT2D eigenvalue weighted by Gasteiger charge is -2.15. The van der Waals surface area contributed by atoms with E-state index in [1.807, 2.05) is 30.3 Å². The maximum atomic E-state index is 12.2. The van der Waals surface area contributed by atoms with E-state index in [0.717, 1.165) is 21.4 Å². The Hall–Kier alpha value is -1.90. The minimum Gasteiger partial charge on any atom is -0.494 e. The largest absolute Gasteiger partial charge is 0.494 e. The fourth-order valence-corrected chi connectivity index (χ4v) is 4.24. The summed E-state index contributed by atoms with van der Waals surface area (Å²) in [6, 6.07) is 12.6. The lowest BCUT2D eigenvalue weighted by molar-refractivity contribution is -0.121. The first kappa shape index (κ1) is 18.4. The fraction of sp³-hybridized carbons (Fsp3) is 0.312. The topological polar surface area (TPSA) is 75.7 Å². The van der Waals surface area contributed by atoms with Gasteiger partial charge in [0.1, 0.15) is 9.96 Å². The number of amides is 1. The molecule has 0 atom stereocenters. The number of thiophene rings is 1. The van der Waals surface area contributed by atoms with E-state index in [1.165, 1.54) is 13.1 Å². The number of benzene rings is 1. The van der Waals surface area contributed by atoms with E-state index < -0.39 is 10.0 Å². The third-order valence-electron chi connectivity index (χ3n) is 3.18. The van der Waals surface area contributed by atoms with Gasteiger partial charge in [-0.1, -0.05) is 24.3 Å². The molecular weight excluding hydrogens is 348 g/mol. The summed E-state index contributed by atoms with van der Waals surface area (Å²) >= 11 is 1.13. The smallest absolute Gasteiger partial charge is 0.252 e. The molecule has 0 radical (unpaired) electrons. The zero-order chi connectivity index (χ0) is 17.4. The number of ether oxygens (including phenoxy) is 1. The normalized spacial score (nSPS) is 11.4. The van der Waals surface area contributed by atoms with Crippen LogP contribution in [0, 0.1) is 0 Å². The number of sulfonamides is 1. The number of nitrogens with zero attached hydrogens (tertiary/aromatic N) is 1. The molecule has 2 aromatic rings. The van der Waals surface area contributed by atoms with Crippen molar-refractivity contribution in [3.05, 3.63) is 47.8 Å². The molecule has 6 nitrogen and oxygen atoms in total. The number of rotatable bonds is 9. The molecule has 1 aromatic carbocycles. The van der Waals surface area contributed by atoms with Crippen LogP contribution in [0.4, 0.5) is 0 Å². The summed E-state index contributed by atoms with van der Waals surface area (Å²) in [5.41, 5.74) is 0. The van der Waals surface area contributed by atoms with Gasteiger partial charge < -0.3 is 10.1 Å². The van der Waals surface area contributed by atoms with Crippen LogP contribution < -0.4 is 10.1 Å². The van der Waals surface area contributed by atoms with Gasteiger partial charge in [0.15, 0.2) is 0 Å². The summed E-state index contributed by atoms with van der Waals surface area (Å²) in [4.78, 5) is 11.8. The van der Waals surface area contributed by atoms with Crippen LogP contribution in [0.15, 0.2) is 52.1 Å².